The molecule has 0 aromatic rings. The Kier molecular flexibility index (Phi) is 944. The van der Waals surface area contributed by atoms with Crippen molar-refractivity contribution in [2.45, 2.75) is 0 Å². The molecule has 0 rings (SSSR count). The average molecular weight is 469 g/mol. The van der Waals surface area contributed by atoms with Gasteiger partial charge in [-0.15, -0.1) is 0 Å². The third kappa shape index (κ3) is 2280. The summed E-state index contributed by atoms with van der Waals surface area (Å²) in [6.45, 7) is -1.25. The summed E-state index contributed by atoms with van der Waals surface area (Å²) in [5.41, 5.74) is 0. The van der Waals surface area contributed by atoms with Crippen LogP contribution in [0.2, 0.25) is 0 Å². The molecular formula is C4H13O11Th-. The van der Waals surface area contributed by atoms with Crippen LogP contribution in [0.5, 0.6) is 0 Å². The van der Waals surface area contributed by atoms with Gasteiger partial charge in [-0.1, -0.05) is 0 Å². The zero-order valence-electron chi connectivity index (χ0n) is 7.69. The van der Waals surface area contributed by atoms with Gasteiger partial charge in [0.25, 0.3) is 19.4 Å². The Hall–Kier alpha value is -0.915. The number of carboxylic acid groups (broad SMARTS) is 4. The van der Waals surface area contributed by atoms with E-state index in [0.717, 1.165) is 0 Å². The number of hydrogen-bond donors (Lipinski definition) is 3. The van der Waals surface area contributed by atoms with Gasteiger partial charge in [0.2, 0.25) is 0 Å². The summed E-state index contributed by atoms with van der Waals surface area (Å²) in [5, 5.41) is 28.9. The first-order valence-corrected chi connectivity index (χ1v) is 1.95. The molecule has 0 unspecified atom stereocenters. The van der Waals surface area contributed by atoms with E-state index >= 15 is 0 Å². The summed E-state index contributed by atoms with van der Waals surface area (Å²) in [6.07, 6.45) is 0. The van der Waals surface area contributed by atoms with Crippen LogP contribution in [0, 0.1) is 39.9 Å². The van der Waals surface area contributed by atoms with Crippen LogP contribution < -0.4 is 5.11 Å². The van der Waals surface area contributed by atoms with Gasteiger partial charge in [0.15, 0.2) is 0 Å². The Labute approximate surface area is 121 Å². The van der Waals surface area contributed by atoms with E-state index in [4.69, 9.17) is 39.6 Å². The van der Waals surface area contributed by atoms with Crippen LogP contribution >= 0.6 is 0 Å². The van der Waals surface area contributed by atoms with Crippen molar-refractivity contribution < 1.29 is 96.0 Å². The molecular weight excluding hydrogens is 456 g/mol. The molecule has 0 bridgehead atoms. The Balaban J connectivity index is -0.00000000821. The van der Waals surface area contributed by atoms with Crippen LogP contribution in [-0.2, 0) is 19.2 Å². The molecule has 0 amide bonds. The average Bonchev–Trinajstić information content (AvgIpc) is 1.92. The minimum absolute atomic E-state index is 0. The van der Waals surface area contributed by atoms with Crippen LogP contribution in [0.15, 0.2) is 0 Å². The van der Waals surface area contributed by atoms with E-state index in [9.17, 15) is 0 Å². The molecule has 16 heavy (non-hydrogen) atoms. The molecule has 0 aliphatic carbocycles. The Bertz CT molecular complexity index is 72.0. The normalized spacial score (nSPS) is 3.00. The van der Waals surface area contributed by atoms with Gasteiger partial charge in [0.1, 0.15) is 0 Å². The molecule has 0 saturated heterocycles. The monoisotopic (exact) mass is 469 g/mol. The van der Waals surface area contributed by atoms with Crippen LogP contribution in [0.1, 0.15) is 0 Å². The molecule has 0 aromatic carbocycles. The molecule has 0 heterocycles. The third-order valence-electron chi connectivity index (χ3n) is 0. The van der Waals surface area contributed by atoms with E-state index in [-0.39, 0.29) is 75.8 Å². The molecule has 0 saturated carbocycles. The van der Waals surface area contributed by atoms with Crippen LogP contribution in [0.3, 0.4) is 0 Å². The largest absolute Gasteiger partial charge is 0.554 e. The fraction of sp³-hybridized carbons (Fsp3) is 0. The summed E-state index contributed by atoms with van der Waals surface area (Å²) in [7, 11) is 0. The number of carbonyl (C=O) groups is 4. The number of carbonyl (C=O) groups excluding carboxylic acids is 1. The zero-order valence-corrected chi connectivity index (χ0v) is 11.8. The second-order valence-corrected chi connectivity index (χ2v) is 0.412. The molecule has 9 N–H and O–H groups in total. The quantitative estimate of drug-likeness (QED) is 0.289. The van der Waals surface area contributed by atoms with Crippen molar-refractivity contribution in [3.8, 4) is 0 Å². The molecule has 11 nitrogen and oxygen atoms in total. The molecule has 0 fully saturated rings. The predicted molar refractivity (Wildman–Crippen MR) is 43.0 cm³/mol. The number of rotatable bonds is 0. The third-order valence-corrected chi connectivity index (χ3v) is 0. The topological polar surface area (TPSA) is 247 Å². The zero-order chi connectivity index (χ0) is 10.8. The second-order valence-electron chi connectivity index (χ2n) is 0.412. The van der Waals surface area contributed by atoms with Gasteiger partial charge in [0, 0.05) is 46.4 Å². The van der Waals surface area contributed by atoms with Gasteiger partial charge < -0.3 is 41.6 Å². The first-order valence-electron chi connectivity index (χ1n) is 1.95. The van der Waals surface area contributed by atoms with Crippen molar-refractivity contribution in [1.82, 2.24) is 0 Å². The predicted octanol–water partition coefficient (Wildman–Crippen LogP) is -5.01. The maximum Gasteiger partial charge on any atom is 0.290 e. The number of hydrogen-bond acceptors (Lipinski definition) is 5. The van der Waals surface area contributed by atoms with Crippen molar-refractivity contribution in [3.05, 3.63) is 0 Å². The maximum absolute atomic E-state index is 8.36. The van der Waals surface area contributed by atoms with Gasteiger partial charge in [0.05, 0.1) is 0 Å². The molecule has 0 radical (unpaired) electrons. The molecule has 100 valence electrons. The first kappa shape index (κ1) is 59.6. The van der Waals surface area contributed by atoms with E-state index in [1.165, 1.54) is 0 Å². The van der Waals surface area contributed by atoms with Crippen LogP contribution in [-0.4, -0.2) is 57.6 Å². The van der Waals surface area contributed by atoms with Crippen molar-refractivity contribution >= 4 is 25.9 Å². The van der Waals surface area contributed by atoms with E-state index in [0.29, 0.717) is 0 Å². The molecule has 0 spiro atoms. The van der Waals surface area contributed by atoms with Crippen LogP contribution in [0.25, 0.3) is 0 Å². The maximum atomic E-state index is 8.36. The van der Waals surface area contributed by atoms with Gasteiger partial charge >= 0.3 is 0 Å². The Morgan fingerprint density at radius 2 is 0.688 bits per heavy atom. The summed E-state index contributed by atoms with van der Waals surface area (Å²) < 4.78 is 0. The summed E-state index contributed by atoms with van der Waals surface area (Å²) in [5.74, 6) is 0. The molecule has 0 aliphatic rings. The SMILES string of the molecule is O.O.O.O=CO.O=CO.O=CO.O=C[O-].[Th]. The first-order chi connectivity index (χ1) is 5.66. The molecule has 12 heteroatoms. The minimum Gasteiger partial charge on any atom is -0.554 e. The van der Waals surface area contributed by atoms with Gasteiger partial charge in [-0.25, -0.2) is 0 Å². The summed E-state index contributed by atoms with van der Waals surface area (Å²) in [4.78, 5) is 33.3. The fourth-order valence-electron chi connectivity index (χ4n) is 0. The van der Waals surface area contributed by atoms with Gasteiger partial charge in [-0.3, -0.25) is 14.4 Å². The molecule has 0 aromatic heterocycles. The van der Waals surface area contributed by atoms with E-state index in [1.807, 2.05) is 0 Å². The van der Waals surface area contributed by atoms with E-state index < -0.39 is 6.47 Å². The van der Waals surface area contributed by atoms with E-state index in [1.54, 1.807) is 0 Å². The summed E-state index contributed by atoms with van der Waals surface area (Å²) >= 11 is 0. The van der Waals surface area contributed by atoms with Crippen molar-refractivity contribution in [1.29, 1.82) is 0 Å². The fourth-order valence-corrected chi connectivity index (χ4v) is 0. The Morgan fingerprint density at radius 1 is 0.688 bits per heavy atom. The van der Waals surface area contributed by atoms with Gasteiger partial charge in [-0.2, -0.15) is 0 Å². The van der Waals surface area contributed by atoms with Gasteiger partial charge in [-0.05, 0) is 0 Å². The smallest absolute Gasteiger partial charge is 0.290 e. The van der Waals surface area contributed by atoms with Crippen molar-refractivity contribution in [2.24, 2.45) is 0 Å². The second kappa shape index (κ2) is 253. The van der Waals surface area contributed by atoms with Crippen molar-refractivity contribution in [2.75, 3.05) is 0 Å². The minimum atomic E-state index is -0.500. The molecule has 0 atom stereocenters. The van der Waals surface area contributed by atoms with E-state index in [2.05, 4.69) is 0 Å². The standard InChI is InChI=1S/4CH2O2.3H2O.Th/c4*2-1-3;;;;/h4*1H,(H,2,3);3*1H2;/p-1. The summed E-state index contributed by atoms with van der Waals surface area (Å²) in [6, 6.07) is 0. The Morgan fingerprint density at radius 3 is 0.688 bits per heavy atom. The van der Waals surface area contributed by atoms with Crippen molar-refractivity contribution in [3.63, 3.8) is 0 Å². The molecule has 0 aliphatic heterocycles. The van der Waals surface area contributed by atoms with Crippen LogP contribution in [0.4, 0.5) is 0 Å².